The number of allylic oxidation sites excluding steroid dienone is 4. The van der Waals surface area contributed by atoms with E-state index in [0.717, 1.165) is 32.1 Å². The molecule has 2 rings (SSSR count). The molecule has 2 nitrogen and oxygen atoms in total. The Kier molecular flexibility index (Phi) is 3.65. The first kappa shape index (κ1) is 13.8. The van der Waals surface area contributed by atoms with Crippen LogP contribution in [0.1, 0.15) is 46.0 Å². The second-order valence-electron chi connectivity index (χ2n) is 6.40. The summed E-state index contributed by atoms with van der Waals surface area (Å²) in [6.45, 7) is 4.13. The largest absolute Gasteiger partial charge is 0.393 e. The molecular formula is C15H24FNO. The van der Waals surface area contributed by atoms with E-state index in [1.807, 2.05) is 6.08 Å². The first-order valence-corrected chi connectivity index (χ1v) is 6.86. The van der Waals surface area contributed by atoms with Crippen molar-refractivity contribution in [1.29, 1.82) is 0 Å². The molecule has 0 heterocycles. The van der Waals surface area contributed by atoms with Crippen molar-refractivity contribution >= 4 is 0 Å². The van der Waals surface area contributed by atoms with Crippen molar-refractivity contribution in [1.82, 2.24) is 0 Å². The Balaban J connectivity index is 2.24. The first-order valence-electron chi connectivity index (χ1n) is 6.86. The number of hydrogen-bond donors (Lipinski definition) is 2. The lowest BCUT2D eigenvalue weighted by Gasteiger charge is -2.52. The second kappa shape index (κ2) is 4.78. The van der Waals surface area contributed by atoms with Crippen molar-refractivity contribution in [3.63, 3.8) is 0 Å². The SMILES string of the molecule is CC(C)(N)C1(C2C=CC(F)=CC2)CCC(O)CC1. The minimum absolute atomic E-state index is 0.0278. The van der Waals surface area contributed by atoms with Crippen LogP contribution in [0.25, 0.3) is 0 Å². The van der Waals surface area contributed by atoms with Gasteiger partial charge in [0, 0.05) is 5.54 Å². The molecule has 0 spiro atoms. The van der Waals surface area contributed by atoms with E-state index in [1.165, 1.54) is 0 Å². The molecule has 0 amide bonds. The highest BCUT2D eigenvalue weighted by molar-refractivity contribution is 5.21. The van der Waals surface area contributed by atoms with Gasteiger partial charge in [-0.05, 0) is 69.4 Å². The lowest BCUT2D eigenvalue weighted by Crippen LogP contribution is -2.56. The zero-order valence-electron chi connectivity index (χ0n) is 11.3. The van der Waals surface area contributed by atoms with Gasteiger partial charge in [-0.25, -0.2) is 4.39 Å². The van der Waals surface area contributed by atoms with E-state index in [9.17, 15) is 9.50 Å². The van der Waals surface area contributed by atoms with Gasteiger partial charge < -0.3 is 10.8 Å². The number of halogens is 1. The minimum Gasteiger partial charge on any atom is -0.393 e. The third kappa shape index (κ3) is 2.39. The van der Waals surface area contributed by atoms with Crippen LogP contribution in [-0.4, -0.2) is 16.7 Å². The number of aliphatic hydroxyl groups excluding tert-OH is 1. The van der Waals surface area contributed by atoms with E-state index in [-0.39, 0.29) is 28.8 Å². The molecule has 2 aliphatic carbocycles. The molecule has 3 heteroatoms. The average molecular weight is 253 g/mol. The molecule has 2 aliphatic rings. The Bertz CT molecular complexity index is 359. The third-order valence-electron chi connectivity index (χ3n) is 4.89. The monoisotopic (exact) mass is 253 g/mol. The molecule has 1 fully saturated rings. The van der Waals surface area contributed by atoms with Crippen LogP contribution in [0.15, 0.2) is 24.1 Å². The normalized spacial score (nSPS) is 37.5. The van der Waals surface area contributed by atoms with Crippen LogP contribution in [0.2, 0.25) is 0 Å². The summed E-state index contributed by atoms with van der Waals surface area (Å²) in [6.07, 6.45) is 9.16. The van der Waals surface area contributed by atoms with Crippen molar-refractivity contribution in [2.45, 2.75) is 57.6 Å². The van der Waals surface area contributed by atoms with Gasteiger partial charge in [0.25, 0.3) is 0 Å². The standard InChI is InChI=1S/C15H24FNO/c1-14(2,17)15(9-7-13(18)8-10-15)11-3-5-12(16)6-4-11/h3,5-6,11,13,18H,4,7-10,17H2,1-2H3. The van der Waals surface area contributed by atoms with Crippen LogP contribution in [-0.2, 0) is 0 Å². The van der Waals surface area contributed by atoms with E-state index in [2.05, 4.69) is 13.8 Å². The maximum atomic E-state index is 13.1. The summed E-state index contributed by atoms with van der Waals surface area (Å²) in [5.74, 6) is 0.136. The first-order chi connectivity index (χ1) is 8.35. The molecule has 0 aromatic rings. The van der Waals surface area contributed by atoms with Gasteiger partial charge in [0.2, 0.25) is 0 Å². The van der Waals surface area contributed by atoms with E-state index in [4.69, 9.17) is 5.73 Å². The molecule has 0 saturated heterocycles. The number of nitrogens with two attached hydrogens (primary N) is 1. The molecule has 0 aromatic heterocycles. The van der Waals surface area contributed by atoms with E-state index in [0.29, 0.717) is 0 Å². The van der Waals surface area contributed by atoms with Crippen molar-refractivity contribution in [3.8, 4) is 0 Å². The van der Waals surface area contributed by atoms with Gasteiger partial charge in [-0.15, -0.1) is 0 Å². The summed E-state index contributed by atoms with van der Waals surface area (Å²) in [7, 11) is 0. The van der Waals surface area contributed by atoms with Crippen molar-refractivity contribution in [3.05, 3.63) is 24.1 Å². The molecule has 1 unspecified atom stereocenters. The van der Waals surface area contributed by atoms with Gasteiger partial charge in [0.15, 0.2) is 0 Å². The molecule has 0 radical (unpaired) electrons. The topological polar surface area (TPSA) is 46.2 Å². The number of hydrogen-bond acceptors (Lipinski definition) is 2. The Morgan fingerprint density at radius 1 is 1.39 bits per heavy atom. The van der Waals surface area contributed by atoms with Gasteiger partial charge in [0.1, 0.15) is 5.83 Å². The smallest absolute Gasteiger partial charge is 0.118 e. The Labute approximate surface area is 109 Å². The highest BCUT2D eigenvalue weighted by Crippen LogP contribution is 2.51. The van der Waals surface area contributed by atoms with Crippen molar-refractivity contribution in [2.24, 2.45) is 17.1 Å². The summed E-state index contributed by atoms with van der Waals surface area (Å²) in [6, 6.07) is 0. The second-order valence-corrected chi connectivity index (χ2v) is 6.40. The summed E-state index contributed by atoms with van der Waals surface area (Å²) in [5.41, 5.74) is 6.08. The Morgan fingerprint density at radius 3 is 2.44 bits per heavy atom. The number of rotatable bonds is 2. The van der Waals surface area contributed by atoms with Crippen molar-refractivity contribution < 1.29 is 9.50 Å². The highest BCUT2D eigenvalue weighted by atomic mass is 19.1. The van der Waals surface area contributed by atoms with Gasteiger partial charge in [0.05, 0.1) is 6.10 Å². The van der Waals surface area contributed by atoms with Gasteiger partial charge in [-0.2, -0.15) is 0 Å². The minimum atomic E-state index is -0.316. The Hall–Kier alpha value is -0.670. The van der Waals surface area contributed by atoms with Gasteiger partial charge in [-0.3, -0.25) is 0 Å². The van der Waals surface area contributed by atoms with Gasteiger partial charge in [-0.1, -0.05) is 6.08 Å². The molecule has 3 N–H and O–H groups in total. The summed E-state index contributed by atoms with van der Waals surface area (Å²) in [4.78, 5) is 0. The number of aliphatic hydroxyl groups is 1. The maximum absolute atomic E-state index is 13.1. The predicted octanol–water partition coefficient (Wildman–Crippen LogP) is 3.07. The molecule has 1 saturated carbocycles. The summed E-state index contributed by atoms with van der Waals surface area (Å²) in [5, 5.41) is 9.72. The molecule has 102 valence electrons. The molecule has 1 atom stereocenters. The van der Waals surface area contributed by atoms with Crippen LogP contribution in [0, 0.1) is 11.3 Å². The molecular weight excluding hydrogens is 229 g/mol. The van der Waals surface area contributed by atoms with E-state index in [1.54, 1.807) is 12.2 Å². The average Bonchev–Trinajstić information content (AvgIpc) is 2.30. The summed E-state index contributed by atoms with van der Waals surface area (Å²) < 4.78 is 13.1. The van der Waals surface area contributed by atoms with Gasteiger partial charge >= 0.3 is 0 Å². The fourth-order valence-corrected chi connectivity index (χ4v) is 3.61. The lowest BCUT2D eigenvalue weighted by molar-refractivity contribution is -0.00781. The third-order valence-corrected chi connectivity index (χ3v) is 4.89. The van der Waals surface area contributed by atoms with E-state index >= 15 is 0 Å². The quantitative estimate of drug-likeness (QED) is 0.794. The van der Waals surface area contributed by atoms with Crippen molar-refractivity contribution in [2.75, 3.05) is 0 Å². The van der Waals surface area contributed by atoms with Crippen LogP contribution < -0.4 is 5.73 Å². The molecule has 0 aromatic carbocycles. The zero-order chi connectivity index (χ0) is 13.4. The summed E-state index contributed by atoms with van der Waals surface area (Å²) >= 11 is 0. The van der Waals surface area contributed by atoms with Crippen LogP contribution in [0.4, 0.5) is 4.39 Å². The zero-order valence-corrected chi connectivity index (χ0v) is 11.3. The fraction of sp³-hybridized carbons (Fsp3) is 0.733. The fourth-order valence-electron chi connectivity index (χ4n) is 3.61. The molecule has 0 aliphatic heterocycles. The van der Waals surface area contributed by atoms with Crippen LogP contribution >= 0.6 is 0 Å². The highest BCUT2D eigenvalue weighted by Gasteiger charge is 2.49. The van der Waals surface area contributed by atoms with Crippen LogP contribution in [0.3, 0.4) is 0 Å². The van der Waals surface area contributed by atoms with Crippen LogP contribution in [0.5, 0.6) is 0 Å². The van der Waals surface area contributed by atoms with E-state index < -0.39 is 0 Å². The predicted molar refractivity (Wildman–Crippen MR) is 71.6 cm³/mol. The molecule has 18 heavy (non-hydrogen) atoms. The molecule has 0 bridgehead atoms. The lowest BCUT2D eigenvalue weighted by atomic mass is 9.55. The Morgan fingerprint density at radius 2 is 2.00 bits per heavy atom. The maximum Gasteiger partial charge on any atom is 0.118 e.